The van der Waals surface area contributed by atoms with Crippen molar-refractivity contribution in [3.05, 3.63) is 23.5 Å². The SMILES string of the molecule is Cc1ccc(C)n1NC(=O)C1CCCC(N)C1. The van der Waals surface area contributed by atoms with Crippen LogP contribution in [0.15, 0.2) is 12.1 Å². The first-order valence-electron chi connectivity index (χ1n) is 6.29. The molecule has 4 nitrogen and oxygen atoms in total. The Kier molecular flexibility index (Phi) is 3.52. The first kappa shape index (κ1) is 12.2. The van der Waals surface area contributed by atoms with Crippen molar-refractivity contribution in [2.45, 2.75) is 45.6 Å². The zero-order valence-electron chi connectivity index (χ0n) is 10.6. The van der Waals surface area contributed by atoms with Crippen molar-refractivity contribution in [1.29, 1.82) is 0 Å². The molecule has 0 saturated heterocycles. The Labute approximate surface area is 102 Å². The van der Waals surface area contributed by atoms with E-state index < -0.39 is 0 Å². The summed E-state index contributed by atoms with van der Waals surface area (Å²) in [5.41, 5.74) is 11.0. The molecule has 17 heavy (non-hydrogen) atoms. The number of carbonyl (C=O) groups is 1. The minimum absolute atomic E-state index is 0.0694. The highest BCUT2D eigenvalue weighted by Gasteiger charge is 2.25. The van der Waals surface area contributed by atoms with E-state index >= 15 is 0 Å². The van der Waals surface area contributed by atoms with Gasteiger partial charge in [0.25, 0.3) is 0 Å². The molecule has 0 aromatic carbocycles. The fourth-order valence-corrected chi connectivity index (χ4v) is 2.51. The Morgan fingerprint density at radius 2 is 2.00 bits per heavy atom. The lowest BCUT2D eigenvalue weighted by molar-refractivity contribution is -0.121. The molecule has 1 aromatic heterocycles. The van der Waals surface area contributed by atoms with E-state index in [2.05, 4.69) is 5.43 Å². The number of nitrogens with one attached hydrogen (secondary N) is 1. The van der Waals surface area contributed by atoms with Crippen molar-refractivity contribution in [2.75, 3.05) is 5.43 Å². The lowest BCUT2D eigenvalue weighted by Crippen LogP contribution is -2.37. The third kappa shape index (κ3) is 2.69. The highest BCUT2D eigenvalue weighted by molar-refractivity contribution is 5.86. The lowest BCUT2D eigenvalue weighted by Gasteiger charge is -2.26. The van der Waals surface area contributed by atoms with Gasteiger partial charge in [0.1, 0.15) is 0 Å². The fourth-order valence-electron chi connectivity index (χ4n) is 2.51. The van der Waals surface area contributed by atoms with Gasteiger partial charge in [-0.15, -0.1) is 0 Å². The number of rotatable bonds is 2. The first-order valence-corrected chi connectivity index (χ1v) is 6.29. The Balaban J connectivity index is 2.01. The van der Waals surface area contributed by atoms with Crippen LogP contribution in [0, 0.1) is 19.8 Å². The predicted molar refractivity (Wildman–Crippen MR) is 68.2 cm³/mol. The summed E-state index contributed by atoms with van der Waals surface area (Å²) < 4.78 is 1.85. The van der Waals surface area contributed by atoms with Gasteiger partial charge in [-0.1, -0.05) is 6.42 Å². The van der Waals surface area contributed by atoms with Crippen LogP contribution in [-0.2, 0) is 4.79 Å². The number of nitrogens with two attached hydrogens (primary N) is 1. The molecule has 0 bridgehead atoms. The molecule has 1 amide bonds. The number of nitrogens with zero attached hydrogens (tertiary/aromatic N) is 1. The van der Waals surface area contributed by atoms with Gasteiger partial charge in [0.15, 0.2) is 0 Å². The quantitative estimate of drug-likeness (QED) is 0.819. The highest BCUT2D eigenvalue weighted by atomic mass is 16.2. The van der Waals surface area contributed by atoms with E-state index in [1.807, 2.05) is 30.7 Å². The molecule has 1 aromatic rings. The minimum atomic E-state index is 0.0694. The number of aromatic nitrogens is 1. The molecule has 1 saturated carbocycles. The van der Waals surface area contributed by atoms with Crippen LogP contribution in [0.25, 0.3) is 0 Å². The average molecular weight is 235 g/mol. The van der Waals surface area contributed by atoms with Crippen molar-refractivity contribution in [2.24, 2.45) is 11.7 Å². The summed E-state index contributed by atoms with van der Waals surface area (Å²) in [5.74, 6) is 0.169. The molecule has 2 atom stereocenters. The molecule has 1 heterocycles. The Bertz CT molecular complexity index is 391. The monoisotopic (exact) mass is 235 g/mol. The van der Waals surface area contributed by atoms with Crippen LogP contribution < -0.4 is 11.2 Å². The maximum Gasteiger partial charge on any atom is 0.241 e. The van der Waals surface area contributed by atoms with Crippen molar-refractivity contribution >= 4 is 5.91 Å². The molecule has 4 heteroatoms. The van der Waals surface area contributed by atoms with Crippen molar-refractivity contribution in [1.82, 2.24) is 4.68 Å². The molecule has 0 spiro atoms. The van der Waals surface area contributed by atoms with Crippen LogP contribution >= 0.6 is 0 Å². The lowest BCUT2D eigenvalue weighted by atomic mass is 9.86. The second-order valence-corrected chi connectivity index (χ2v) is 5.05. The van der Waals surface area contributed by atoms with Crippen LogP contribution in [-0.4, -0.2) is 16.6 Å². The Hall–Kier alpha value is -1.29. The summed E-state index contributed by atoms with van der Waals surface area (Å²) in [6.45, 7) is 3.97. The minimum Gasteiger partial charge on any atom is -0.328 e. The normalized spacial score (nSPS) is 24.6. The van der Waals surface area contributed by atoms with E-state index in [0.717, 1.165) is 37.1 Å². The van der Waals surface area contributed by atoms with E-state index in [1.165, 1.54) is 0 Å². The van der Waals surface area contributed by atoms with E-state index in [4.69, 9.17) is 5.73 Å². The maximum absolute atomic E-state index is 12.1. The van der Waals surface area contributed by atoms with Crippen LogP contribution in [0.5, 0.6) is 0 Å². The molecular weight excluding hydrogens is 214 g/mol. The van der Waals surface area contributed by atoms with Gasteiger partial charge < -0.3 is 5.73 Å². The van der Waals surface area contributed by atoms with Crippen molar-refractivity contribution < 1.29 is 4.79 Å². The molecule has 3 N–H and O–H groups in total. The average Bonchev–Trinajstić information content (AvgIpc) is 2.61. The topological polar surface area (TPSA) is 60.0 Å². The molecule has 1 fully saturated rings. The van der Waals surface area contributed by atoms with Crippen LogP contribution in [0.3, 0.4) is 0 Å². The summed E-state index contributed by atoms with van der Waals surface area (Å²) in [6, 6.07) is 4.19. The van der Waals surface area contributed by atoms with Crippen molar-refractivity contribution in [3.8, 4) is 0 Å². The molecule has 2 rings (SSSR count). The van der Waals surface area contributed by atoms with Crippen LogP contribution in [0.4, 0.5) is 0 Å². The predicted octanol–water partition coefficient (Wildman–Crippen LogP) is 1.69. The second kappa shape index (κ2) is 4.92. The van der Waals surface area contributed by atoms with Crippen molar-refractivity contribution in [3.63, 3.8) is 0 Å². The summed E-state index contributed by atoms with van der Waals surface area (Å²) >= 11 is 0. The molecular formula is C13H21N3O. The summed E-state index contributed by atoms with van der Waals surface area (Å²) in [4.78, 5) is 12.1. The zero-order chi connectivity index (χ0) is 12.4. The summed E-state index contributed by atoms with van der Waals surface area (Å²) in [6.07, 6.45) is 3.87. The van der Waals surface area contributed by atoms with Gasteiger partial charge >= 0.3 is 0 Å². The van der Waals surface area contributed by atoms with Gasteiger partial charge in [-0.25, -0.2) is 0 Å². The number of aryl methyl sites for hydroxylation is 2. The number of hydrogen-bond donors (Lipinski definition) is 2. The smallest absolute Gasteiger partial charge is 0.241 e. The Morgan fingerprint density at radius 1 is 1.35 bits per heavy atom. The van der Waals surface area contributed by atoms with Gasteiger partial charge in [0.2, 0.25) is 5.91 Å². The standard InChI is InChI=1S/C13H21N3O/c1-9-6-7-10(2)16(9)15-13(17)11-4-3-5-12(14)8-11/h6-7,11-12H,3-5,8,14H2,1-2H3,(H,15,17). The molecule has 1 aliphatic carbocycles. The van der Waals surface area contributed by atoms with E-state index in [0.29, 0.717) is 0 Å². The summed E-state index contributed by atoms with van der Waals surface area (Å²) in [5, 5.41) is 0. The number of carbonyl (C=O) groups excluding carboxylic acids is 1. The summed E-state index contributed by atoms with van der Waals surface area (Å²) in [7, 11) is 0. The van der Waals surface area contributed by atoms with Crippen LogP contribution in [0.1, 0.15) is 37.1 Å². The number of amides is 1. The molecule has 94 valence electrons. The van der Waals surface area contributed by atoms with E-state index in [9.17, 15) is 4.79 Å². The van der Waals surface area contributed by atoms with E-state index in [-0.39, 0.29) is 17.9 Å². The van der Waals surface area contributed by atoms with Gasteiger partial charge in [-0.3, -0.25) is 14.9 Å². The van der Waals surface area contributed by atoms with Gasteiger partial charge in [0.05, 0.1) is 0 Å². The Morgan fingerprint density at radius 3 is 2.59 bits per heavy atom. The molecule has 0 radical (unpaired) electrons. The van der Waals surface area contributed by atoms with Crippen LogP contribution in [0.2, 0.25) is 0 Å². The zero-order valence-corrected chi connectivity index (χ0v) is 10.6. The van der Waals surface area contributed by atoms with Gasteiger partial charge in [-0.2, -0.15) is 0 Å². The molecule has 0 aliphatic heterocycles. The van der Waals surface area contributed by atoms with Gasteiger partial charge in [0, 0.05) is 23.3 Å². The van der Waals surface area contributed by atoms with E-state index in [1.54, 1.807) is 0 Å². The molecule has 1 aliphatic rings. The number of hydrogen-bond acceptors (Lipinski definition) is 2. The second-order valence-electron chi connectivity index (χ2n) is 5.05. The third-order valence-corrected chi connectivity index (χ3v) is 3.58. The fraction of sp³-hybridized carbons (Fsp3) is 0.615. The third-order valence-electron chi connectivity index (χ3n) is 3.58. The molecule has 2 unspecified atom stereocenters. The maximum atomic E-state index is 12.1. The first-order chi connectivity index (χ1) is 8.08. The largest absolute Gasteiger partial charge is 0.328 e. The van der Waals surface area contributed by atoms with Gasteiger partial charge in [-0.05, 0) is 45.2 Å². The highest BCUT2D eigenvalue weighted by Crippen LogP contribution is 2.23.